The van der Waals surface area contributed by atoms with Crippen LogP contribution in [0.2, 0.25) is 0 Å². The summed E-state index contributed by atoms with van der Waals surface area (Å²) < 4.78 is 5.32. The Bertz CT molecular complexity index is 666. The van der Waals surface area contributed by atoms with Crippen molar-refractivity contribution < 1.29 is 9.53 Å². The van der Waals surface area contributed by atoms with Crippen LogP contribution in [0.1, 0.15) is 40.2 Å². The molecule has 2 aromatic rings. The van der Waals surface area contributed by atoms with Crippen LogP contribution in [0.3, 0.4) is 0 Å². The fourth-order valence-corrected chi connectivity index (χ4v) is 4.18. The summed E-state index contributed by atoms with van der Waals surface area (Å²) in [6, 6.07) is 0.185. The average molecular weight is 318 g/mol. The van der Waals surface area contributed by atoms with Crippen LogP contribution in [0.15, 0.2) is 6.20 Å². The molecule has 0 unspecified atom stereocenters. The molecule has 0 bridgehead atoms. The minimum Gasteiger partial charge on any atom is -0.381 e. The molecular formula is C15H18N4O2S. The Labute approximate surface area is 132 Å². The molecule has 1 amide bonds. The number of rotatable bonds is 3. The second kappa shape index (κ2) is 5.81. The maximum atomic E-state index is 12.5. The van der Waals surface area contributed by atoms with Crippen LogP contribution in [0.4, 0.5) is 0 Å². The number of carbonyl (C=O) groups excluding carboxylic acids is 1. The fraction of sp³-hybridized carbons (Fsp3) is 0.533. The largest absolute Gasteiger partial charge is 0.381 e. The highest BCUT2D eigenvalue weighted by Crippen LogP contribution is 2.33. The van der Waals surface area contributed by atoms with E-state index in [0.29, 0.717) is 24.5 Å². The maximum absolute atomic E-state index is 12.5. The average Bonchev–Trinajstić information content (AvgIpc) is 3.23. The molecular weight excluding hydrogens is 300 g/mol. The number of thiazole rings is 1. The Balaban J connectivity index is 1.55. The summed E-state index contributed by atoms with van der Waals surface area (Å²) in [5, 5.41) is 11.0. The molecule has 2 aromatic heterocycles. The molecule has 3 heterocycles. The molecule has 0 atom stereocenters. The van der Waals surface area contributed by atoms with Crippen molar-refractivity contribution in [1.82, 2.24) is 20.5 Å². The summed E-state index contributed by atoms with van der Waals surface area (Å²) in [5.41, 5.74) is 2.43. The summed E-state index contributed by atoms with van der Waals surface area (Å²) in [4.78, 5) is 18.5. The van der Waals surface area contributed by atoms with Gasteiger partial charge in [0.05, 0.1) is 11.3 Å². The highest BCUT2D eigenvalue weighted by Gasteiger charge is 2.24. The van der Waals surface area contributed by atoms with Crippen molar-refractivity contribution in [1.29, 1.82) is 0 Å². The molecule has 2 aliphatic rings. The van der Waals surface area contributed by atoms with E-state index in [-0.39, 0.29) is 11.9 Å². The molecule has 0 spiro atoms. The van der Waals surface area contributed by atoms with E-state index in [1.165, 1.54) is 17.0 Å². The summed E-state index contributed by atoms with van der Waals surface area (Å²) in [6.07, 6.45) is 6.72. The van der Waals surface area contributed by atoms with E-state index in [1.54, 1.807) is 17.5 Å². The Hall–Kier alpha value is -1.73. The van der Waals surface area contributed by atoms with Crippen molar-refractivity contribution >= 4 is 17.2 Å². The van der Waals surface area contributed by atoms with Gasteiger partial charge in [-0.3, -0.25) is 9.89 Å². The molecule has 2 N–H and O–H groups in total. The van der Waals surface area contributed by atoms with Crippen molar-refractivity contribution in [3.8, 4) is 10.7 Å². The van der Waals surface area contributed by atoms with Gasteiger partial charge in [0, 0.05) is 30.3 Å². The van der Waals surface area contributed by atoms with E-state index in [2.05, 4.69) is 20.5 Å². The van der Waals surface area contributed by atoms with Crippen molar-refractivity contribution in [2.45, 2.75) is 38.1 Å². The standard InChI is InChI=1S/C15H18N4O2S/c20-14(17-9-4-6-21-7-5-9)10-8-16-19-13(10)15-18-11-2-1-3-12(11)22-15/h8-9H,1-7H2,(H,16,19)(H,17,20). The first-order chi connectivity index (χ1) is 10.8. The first kappa shape index (κ1) is 13.9. The van der Waals surface area contributed by atoms with Crippen LogP contribution in [0, 0.1) is 0 Å². The van der Waals surface area contributed by atoms with Gasteiger partial charge < -0.3 is 10.1 Å². The van der Waals surface area contributed by atoms with Gasteiger partial charge in [-0.15, -0.1) is 11.3 Å². The first-order valence-corrected chi connectivity index (χ1v) is 8.54. The van der Waals surface area contributed by atoms with E-state index in [0.717, 1.165) is 30.7 Å². The highest BCUT2D eigenvalue weighted by atomic mass is 32.1. The highest BCUT2D eigenvalue weighted by molar-refractivity contribution is 7.15. The lowest BCUT2D eigenvalue weighted by atomic mass is 10.1. The number of fused-ring (bicyclic) bond motifs is 1. The number of ether oxygens (including phenoxy) is 1. The van der Waals surface area contributed by atoms with Gasteiger partial charge in [-0.25, -0.2) is 4.98 Å². The monoisotopic (exact) mass is 318 g/mol. The molecule has 1 saturated heterocycles. The molecule has 1 aliphatic heterocycles. The van der Waals surface area contributed by atoms with Gasteiger partial charge in [0.15, 0.2) is 0 Å². The van der Waals surface area contributed by atoms with Gasteiger partial charge in [0.25, 0.3) is 5.91 Å². The van der Waals surface area contributed by atoms with Crippen molar-refractivity contribution in [3.63, 3.8) is 0 Å². The molecule has 1 fully saturated rings. The van der Waals surface area contributed by atoms with Crippen LogP contribution in [-0.4, -0.2) is 40.3 Å². The predicted molar refractivity (Wildman–Crippen MR) is 83.0 cm³/mol. The van der Waals surface area contributed by atoms with Crippen molar-refractivity contribution in [2.75, 3.05) is 13.2 Å². The molecule has 0 radical (unpaired) electrons. The molecule has 6 nitrogen and oxygen atoms in total. The van der Waals surface area contributed by atoms with Gasteiger partial charge >= 0.3 is 0 Å². The van der Waals surface area contributed by atoms with Gasteiger partial charge in [-0.1, -0.05) is 0 Å². The minimum atomic E-state index is -0.0778. The molecule has 0 saturated carbocycles. The third-order valence-corrected chi connectivity index (χ3v) is 5.40. The number of amides is 1. The number of carbonyl (C=O) groups is 1. The fourth-order valence-electron chi connectivity index (χ4n) is 3.02. The quantitative estimate of drug-likeness (QED) is 0.906. The zero-order valence-electron chi connectivity index (χ0n) is 12.2. The van der Waals surface area contributed by atoms with Gasteiger partial charge in [-0.05, 0) is 32.1 Å². The summed E-state index contributed by atoms with van der Waals surface area (Å²) >= 11 is 1.66. The van der Waals surface area contributed by atoms with Gasteiger partial charge in [-0.2, -0.15) is 5.10 Å². The van der Waals surface area contributed by atoms with Crippen molar-refractivity contribution in [3.05, 3.63) is 22.3 Å². The Kier molecular flexibility index (Phi) is 3.67. The van der Waals surface area contributed by atoms with E-state index >= 15 is 0 Å². The Morgan fingerprint density at radius 2 is 2.23 bits per heavy atom. The third-order valence-electron chi connectivity index (χ3n) is 4.24. The van der Waals surface area contributed by atoms with E-state index in [9.17, 15) is 4.79 Å². The van der Waals surface area contributed by atoms with E-state index in [4.69, 9.17) is 4.74 Å². The number of nitrogens with one attached hydrogen (secondary N) is 2. The van der Waals surface area contributed by atoms with Crippen molar-refractivity contribution in [2.24, 2.45) is 0 Å². The second-order valence-electron chi connectivity index (χ2n) is 5.75. The lowest BCUT2D eigenvalue weighted by Crippen LogP contribution is -2.38. The molecule has 0 aromatic carbocycles. The number of aromatic nitrogens is 3. The summed E-state index contributed by atoms with van der Waals surface area (Å²) in [7, 11) is 0. The number of aryl methyl sites for hydroxylation is 2. The topological polar surface area (TPSA) is 79.9 Å². The van der Waals surface area contributed by atoms with Crippen LogP contribution < -0.4 is 5.32 Å². The van der Waals surface area contributed by atoms with Gasteiger partial charge in [0.2, 0.25) is 0 Å². The van der Waals surface area contributed by atoms with Gasteiger partial charge in [0.1, 0.15) is 10.7 Å². The van der Waals surface area contributed by atoms with Crippen LogP contribution in [0.5, 0.6) is 0 Å². The predicted octanol–water partition coefficient (Wildman–Crippen LogP) is 1.93. The summed E-state index contributed by atoms with van der Waals surface area (Å²) in [6.45, 7) is 1.42. The number of hydrogen-bond acceptors (Lipinski definition) is 5. The second-order valence-corrected chi connectivity index (χ2v) is 6.83. The molecule has 22 heavy (non-hydrogen) atoms. The number of H-pyrrole nitrogens is 1. The lowest BCUT2D eigenvalue weighted by molar-refractivity contribution is 0.0697. The summed E-state index contributed by atoms with van der Waals surface area (Å²) in [5.74, 6) is -0.0778. The smallest absolute Gasteiger partial charge is 0.255 e. The molecule has 1 aliphatic carbocycles. The van der Waals surface area contributed by atoms with E-state index in [1.807, 2.05) is 0 Å². The maximum Gasteiger partial charge on any atom is 0.255 e. The molecule has 116 valence electrons. The van der Waals surface area contributed by atoms with Crippen LogP contribution in [-0.2, 0) is 17.6 Å². The minimum absolute atomic E-state index is 0.0778. The molecule has 7 heteroatoms. The Morgan fingerprint density at radius 3 is 3.05 bits per heavy atom. The number of nitrogens with zero attached hydrogens (tertiary/aromatic N) is 2. The van der Waals surface area contributed by atoms with E-state index < -0.39 is 0 Å². The third kappa shape index (κ3) is 2.55. The number of hydrogen-bond donors (Lipinski definition) is 2. The Morgan fingerprint density at radius 1 is 1.36 bits per heavy atom. The van der Waals surface area contributed by atoms with Crippen LogP contribution >= 0.6 is 11.3 Å². The zero-order valence-corrected chi connectivity index (χ0v) is 13.0. The first-order valence-electron chi connectivity index (χ1n) is 7.72. The number of aromatic amines is 1. The normalized spacial score (nSPS) is 18.4. The SMILES string of the molecule is O=C(NC1CCOCC1)c1c[nH]nc1-c1nc2c(s1)CCC2. The molecule has 4 rings (SSSR count). The lowest BCUT2D eigenvalue weighted by Gasteiger charge is -2.22. The van der Waals surface area contributed by atoms with Crippen LogP contribution in [0.25, 0.3) is 10.7 Å². The zero-order chi connectivity index (χ0) is 14.9.